The number of nitrogens with zero attached hydrogens (tertiary/aromatic N) is 2. The smallest absolute Gasteiger partial charge is 0.326 e. The van der Waals surface area contributed by atoms with Gasteiger partial charge in [-0.3, -0.25) is 19.4 Å². The van der Waals surface area contributed by atoms with Crippen LogP contribution in [0.1, 0.15) is 31.0 Å². The number of aliphatic hydroxyl groups excluding tert-OH is 1. The molecule has 2 aromatic rings. The van der Waals surface area contributed by atoms with Crippen molar-refractivity contribution in [3.8, 4) is 5.75 Å². The minimum atomic E-state index is -1.32. The Morgan fingerprint density at radius 2 is 1.56 bits per heavy atom. The first-order valence-electron chi connectivity index (χ1n) is 12.8. The number of hydrogen-bond donors (Lipinski definition) is 10. The van der Waals surface area contributed by atoms with Crippen LogP contribution in [-0.2, 0) is 32.0 Å². The van der Waals surface area contributed by atoms with Crippen LogP contribution in [0.2, 0.25) is 0 Å². The third kappa shape index (κ3) is 11.1. The average Bonchev–Trinajstić information content (AvgIpc) is 3.43. The summed E-state index contributed by atoms with van der Waals surface area (Å²) in [6.45, 7) is 1.47. The highest BCUT2D eigenvalue weighted by atomic mass is 16.4. The highest BCUT2D eigenvalue weighted by molar-refractivity contribution is 5.94. The number of phenols is 1. The number of aromatic nitrogens is 2. The lowest BCUT2D eigenvalue weighted by atomic mass is 10.0. The first-order chi connectivity index (χ1) is 19.4. The Bertz CT molecular complexity index is 1180. The summed E-state index contributed by atoms with van der Waals surface area (Å²) >= 11 is 0. The molecule has 3 amide bonds. The zero-order chi connectivity index (χ0) is 30.5. The number of phenolic OH excluding ortho intramolecular Hbond substituents is 1. The molecule has 224 valence electrons. The number of carbonyl (C=O) groups excluding carboxylic acids is 3. The Morgan fingerprint density at radius 1 is 0.976 bits per heavy atom. The number of aliphatic imine (C=N–C) groups is 1. The predicted molar refractivity (Wildman–Crippen MR) is 147 cm³/mol. The number of nitrogens with one attached hydrogen (secondary N) is 4. The molecule has 0 spiro atoms. The second kappa shape index (κ2) is 15.8. The fourth-order valence-electron chi connectivity index (χ4n) is 3.70. The second-order valence-corrected chi connectivity index (χ2v) is 9.39. The fourth-order valence-corrected chi connectivity index (χ4v) is 3.70. The number of aromatic hydroxyl groups is 1. The molecule has 0 radical (unpaired) electrons. The quantitative estimate of drug-likeness (QED) is 0.0554. The van der Waals surface area contributed by atoms with E-state index in [1.54, 1.807) is 0 Å². The molecule has 0 aliphatic heterocycles. The van der Waals surface area contributed by atoms with Crippen molar-refractivity contribution in [3.63, 3.8) is 0 Å². The van der Waals surface area contributed by atoms with Crippen molar-refractivity contribution in [2.75, 3.05) is 6.54 Å². The number of carboxylic acids is 1. The van der Waals surface area contributed by atoms with Gasteiger partial charge in [-0.2, -0.15) is 0 Å². The van der Waals surface area contributed by atoms with Crippen molar-refractivity contribution < 1.29 is 34.5 Å². The van der Waals surface area contributed by atoms with E-state index in [0.29, 0.717) is 11.3 Å². The first kappa shape index (κ1) is 32.5. The lowest BCUT2D eigenvalue weighted by Crippen LogP contribution is -2.59. The van der Waals surface area contributed by atoms with Gasteiger partial charge in [0, 0.05) is 31.3 Å². The summed E-state index contributed by atoms with van der Waals surface area (Å²) in [5.41, 5.74) is 17.3. The fraction of sp³-hybridized carbons (Fsp3) is 0.440. The summed E-state index contributed by atoms with van der Waals surface area (Å²) < 4.78 is 0. The van der Waals surface area contributed by atoms with Crippen molar-refractivity contribution in [2.24, 2.45) is 22.2 Å². The number of aliphatic carboxylic acids is 1. The van der Waals surface area contributed by atoms with Crippen LogP contribution >= 0.6 is 0 Å². The topological polar surface area (TPSA) is 284 Å². The van der Waals surface area contributed by atoms with Gasteiger partial charge >= 0.3 is 5.97 Å². The zero-order valence-corrected chi connectivity index (χ0v) is 22.5. The minimum Gasteiger partial charge on any atom is -0.508 e. The molecule has 16 heteroatoms. The van der Waals surface area contributed by atoms with Crippen molar-refractivity contribution in [3.05, 3.63) is 48.0 Å². The number of amides is 3. The molecule has 5 atom stereocenters. The van der Waals surface area contributed by atoms with Crippen LogP contribution in [0.15, 0.2) is 41.8 Å². The molecule has 2 rings (SSSR count). The number of guanidine groups is 1. The van der Waals surface area contributed by atoms with Crippen LogP contribution in [0.5, 0.6) is 5.75 Å². The van der Waals surface area contributed by atoms with Gasteiger partial charge in [0.25, 0.3) is 0 Å². The average molecular weight is 576 g/mol. The lowest BCUT2D eigenvalue weighted by Gasteiger charge is -2.25. The maximum Gasteiger partial charge on any atom is 0.326 e. The molecule has 0 fully saturated rings. The van der Waals surface area contributed by atoms with Gasteiger partial charge < -0.3 is 53.5 Å². The predicted octanol–water partition coefficient (Wildman–Crippen LogP) is -2.80. The zero-order valence-electron chi connectivity index (χ0n) is 22.5. The number of rotatable bonds is 16. The third-order valence-corrected chi connectivity index (χ3v) is 6.00. The van der Waals surface area contributed by atoms with E-state index in [0.717, 1.165) is 0 Å². The molecular weight excluding hydrogens is 538 g/mol. The molecule has 0 saturated carbocycles. The molecule has 5 unspecified atom stereocenters. The van der Waals surface area contributed by atoms with Gasteiger partial charge in [0.05, 0.1) is 12.4 Å². The maximum absolute atomic E-state index is 13.4. The third-order valence-electron chi connectivity index (χ3n) is 6.00. The number of aliphatic hydroxyl groups is 1. The molecule has 41 heavy (non-hydrogen) atoms. The van der Waals surface area contributed by atoms with Crippen molar-refractivity contribution in [1.29, 1.82) is 0 Å². The highest BCUT2D eigenvalue weighted by Crippen LogP contribution is 2.12. The summed E-state index contributed by atoms with van der Waals surface area (Å²) in [5.74, 6) is -3.83. The SMILES string of the molecule is CC(O)C(N)C(=O)NC(Cc1cnc[nH]1)C(=O)NC(Cc1ccc(O)cc1)C(=O)NC(CCCN=C(N)N)C(=O)O. The standard InChI is InChI=1S/C25H37N9O7/c1-13(35)20(26)23(39)34-19(10-15-11-29-12-31-15)22(38)33-18(9-14-4-6-16(36)7-5-14)21(37)32-17(24(40)41)3-2-8-30-25(27)28/h4-7,11-13,17-20,35-36H,2-3,8-10,26H2,1H3,(H,29,31)(H,32,37)(H,33,38)(H,34,39)(H,40,41)(H4,27,28,30). The molecule has 0 aliphatic carbocycles. The van der Waals surface area contributed by atoms with Crippen molar-refractivity contribution in [1.82, 2.24) is 25.9 Å². The molecule has 13 N–H and O–H groups in total. The molecule has 16 nitrogen and oxygen atoms in total. The minimum absolute atomic E-state index is 0.00741. The summed E-state index contributed by atoms with van der Waals surface area (Å²) in [6, 6.07) is 0.729. The number of aromatic amines is 1. The molecule has 1 heterocycles. The van der Waals surface area contributed by atoms with E-state index in [2.05, 4.69) is 30.9 Å². The van der Waals surface area contributed by atoms with Crippen molar-refractivity contribution >= 4 is 29.7 Å². The van der Waals surface area contributed by atoms with Crippen LogP contribution in [-0.4, -0.2) is 91.8 Å². The summed E-state index contributed by atoms with van der Waals surface area (Å²) in [4.78, 5) is 61.6. The van der Waals surface area contributed by atoms with Crippen LogP contribution in [0.3, 0.4) is 0 Å². The van der Waals surface area contributed by atoms with Gasteiger partial charge in [-0.15, -0.1) is 0 Å². The summed E-state index contributed by atoms with van der Waals surface area (Å²) in [6.07, 6.45) is 1.77. The van der Waals surface area contributed by atoms with E-state index in [9.17, 15) is 34.5 Å². The monoisotopic (exact) mass is 575 g/mol. The second-order valence-electron chi connectivity index (χ2n) is 9.39. The van der Waals surface area contributed by atoms with Crippen LogP contribution in [0, 0.1) is 0 Å². The molecule has 0 bridgehead atoms. The van der Waals surface area contributed by atoms with E-state index in [1.165, 1.54) is 43.7 Å². The van der Waals surface area contributed by atoms with Gasteiger partial charge in [-0.05, 0) is 37.5 Å². The van der Waals surface area contributed by atoms with Gasteiger partial charge in [0.2, 0.25) is 17.7 Å². The number of carboxylic acid groups (broad SMARTS) is 1. The molecule has 1 aromatic heterocycles. The summed E-state index contributed by atoms with van der Waals surface area (Å²) in [7, 11) is 0. The van der Waals surface area contributed by atoms with Gasteiger partial charge in [0.15, 0.2) is 5.96 Å². The van der Waals surface area contributed by atoms with Crippen LogP contribution in [0.4, 0.5) is 0 Å². The number of imidazole rings is 1. The summed E-state index contributed by atoms with van der Waals surface area (Å²) in [5, 5.41) is 36.4. The number of carbonyl (C=O) groups is 4. The lowest BCUT2D eigenvalue weighted by molar-refractivity contribution is -0.142. The molecule has 0 aliphatic rings. The van der Waals surface area contributed by atoms with Crippen molar-refractivity contribution in [2.45, 2.75) is 62.9 Å². The van der Waals surface area contributed by atoms with E-state index in [1.807, 2.05) is 0 Å². The Labute approximate surface area is 235 Å². The number of nitrogens with two attached hydrogens (primary N) is 3. The van der Waals surface area contributed by atoms with Crippen LogP contribution < -0.4 is 33.2 Å². The van der Waals surface area contributed by atoms with Gasteiger partial charge in [-0.25, -0.2) is 9.78 Å². The van der Waals surface area contributed by atoms with Crippen LogP contribution in [0.25, 0.3) is 0 Å². The number of benzene rings is 1. The van der Waals surface area contributed by atoms with Gasteiger partial charge in [0.1, 0.15) is 29.9 Å². The normalized spacial score (nSPS) is 14.5. The van der Waals surface area contributed by atoms with E-state index >= 15 is 0 Å². The Balaban J connectivity index is 2.27. The Kier molecular flexibility index (Phi) is 12.5. The van der Waals surface area contributed by atoms with E-state index < -0.39 is 54.0 Å². The Hall–Kier alpha value is -4.70. The van der Waals surface area contributed by atoms with E-state index in [-0.39, 0.29) is 43.9 Å². The highest BCUT2D eigenvalue weighted by Gasteiger charge is 2.31. The van der Waals surface area contributed by atoms with Gasteiger partial charge in [-0.1, -0.05) is 12.1 Å². The number of hydrogen-bond acceptors (Lipinski definition) is 9. The largest absolute Gasteiger partial charge is 0.508 e. The maximum atomic E-state index is 13.4. The first-order valence-corrected chi connectivity index (χ1v) is 12.8. The molecule has 1 aromatic carbocycles. The molecule has 0 saturated heterocycles. The molecular formula is C25H37N9O7. The van der Waals surface area contributed by atoms with E-state index in [4.69, 9.17) is 17.2 Å². The number of H-pyrrole nitrogens is 1. The Morgan fingerprint density at radius 3 is 2.10 bits per heavy atom.